The van der Waals surface area contributed by atoms with Crippen LogP contribution in [0.1, 0.15) is 31.1 Å². The predicted octanol–water partition coefficient (Wildman–Crippen LogP) is 3.65. The second-order valence-corrected chi connectivity index (χ2v) is 8.44. The average Bonchev–Trinajstić information content (AvgIpc) is 2.61. The van der Waals surface area contributed by atoms with E-state index in [1.54, 1.807) is 11.8 Å². The van der Waals surface area contributed by atoms with Crippen molar-refractivity contribution in [1.82, 2.24) is 5.32 Å². The number of carbonyl (C=O) groups excluding carboxylic acids is 1. The Morgan fingerprint density at radius 3 is 2.23 bits per heavy atom. The topological polar surface area (TPSA) is 52.6 Å². The van der Waals surface area contributed by atoms with Crippen molar-refractivity contribution in [2.24, 2.45) is 0 Å². The lowest BCUT2D eigenvalue weighted by molar-refractivity contribution is -0.120. The lowest BCUT2D eigenvalue weighted by atomic mass is 10.1. The summed E-state index contributed by atoms with van der Waals surface area (Å²) < 4.78 is 0. The van der Waals surface area contributed by atoms with E-state index in [-0.39, 0.29) is 12.5 Å². The van der Waals surface area contributed by atoms with Crippen LogP contribution in [0.2, 0.25) is 0 Å². The first-order chi connectivity index (χ1) is 12.3. The molecule has 0 aliphatic heterocycles. The molecule has 0 heterocycles. The van der Waals surface area contributed by atoms with Crippen LogP contribution >= 0.6 is 11.8 Å². The van der Waals surface area contributed by atoms with Crippen molar-refractivity contribution in [1.29, 1.82) is 0 Å². The summed E-state index contributed by atoms with van der Waals surface area (Å²) in [5.74, 6) is -0.0850. The molecule has 0 aromatic heterocycles. The highest BCUT2D eigenvalue weighted by Gasteiger charge is 2.10. The summed E-state index contributed by atoms with van der Waals surface area (Å²) in [6.07, 6.45) is -0.390. The van der Waals surface area contributed by atoms with E-state index in [9.17, 15) is 9.90 Å². The van der Waals surface area contributed by atoms with Crippen molar-refractivity contribution in [3.63, 3.8) is 0 Å². The van der Waals surface area contributed by atoms with Crippen LogP contribution < -0.4 is 10.2 Å². The maximum Gasteiger partial charge on any atom is 0.224 e. The second-order valence-electron chi connectivity index (χ2n) is 6.79. The van der Waals surface area contributed by atoms with Gasteiger partial charge in [0.05, 0.1) is 12.5 Å². The predicted molar refractivity (Wildman–Crippen MR) is 110 cm³/mol. The van der Waals surface area contributed by atoms with Crippen LogP contribution in [-0.4, -0.2) is 36.9 Å². The molecular weight excluding hydrogens is 344 g/mol. The van der Waals surface area contributed by atoms with E-state index in [1.165, 1.54) is 4.90 Å². The van der Waals surface area contributed by atoms with E-state index in [4.69, 9.17) is 0 Å². The number of carbonyl (C=O) groups is 1. The third kappa shape index (κ3) is 6.39. The lowest BCUT2D eigenvalue weighted by Gasteiger charge is -2.16. The monoisotopic (exact) mass is 372 g/mol. The zero-order valence-corrected chi connectivity index (χ0v) is 16.7. The average molecular weight is 373 g/mol. The first-order valence-electron chi connectivity index (χ1n) is 8.83. The van der Waals surface area contributed by atoms with Crippen LogP contribution in [0.4, 0.5) is 5.69 Å². The summed E-state index contributed by atoms with van der Waals surface area (Å²) in [6.45, 7) is 4.53. The second kappa shape index (κ2) is 9.64. The molecule has 0 saturated carbocycles. The van der Waals surface area contributed by atoms with E-state index in [1.807, 2.05) is 55.4 Å². The summed E-state index contributed by atoms with van der Waals surface area (Å²) >= 11 is 1.80. The molecule has 0 bridgehead atoms. The Balaban J connectivity index is 1.82. The van der Waals surface area contributed by atoms with Gasteiger partial charge in [0, 0.05) is 36.5 Å². The highest BCUT2D eigenvalue weighted by molar-refractivity contribution is 7.99. The molecule has 140 valence electrons. The van der Waals surface area contributed by atoms with E-state index in [0.717, 1.165) is 16.8 Å². The molecule has 5 heteroatoms. The number of benzene rings is 2. The molecule has 1 amide bonds. The van der Waals surface area contributed by atoms with E-state index < -0.39 is 6.10 Å². The number of hydrogen-bond acceptors (Lipinski definition) is 4. The Hall–Kier alpha value is -1.98. The number of anilines is 1. The third-order valence-electron chi connectivity index (χ3n) is 3.95. The molecule has 0 saturated heterocycles. The maximum atomic E-state index is 12.1. The Bertz CT molecular complexity index is 697. The zero-order valence-electron chi connectivity index (χ0n) is 15.9. The first-order valence-corrected chi connectivity index (χ1v) is 9.70. The normalized spacial score (nSPS) is 12.1. The molecule has 4 nitrogen and oxygen atoms in total. The molecule has 0 aliphatic rings. The van der Waals surface area contributed by atoms with Gasteiger partial charge >= 0.3 is 0 Å². The van der Waals surface area contributed by atoms with Crippen LogP contribution in [0.25, 0.3) is 0 Å². The number of aliphatic hydroxyl groups excluding tert-OH is 1. The van der Waals surface area contributed by atoms with E-state index >= 15 is 0 Å². The largest absolute Gasteiger partial charge is 0.387 e. The Kier molecular flexibility index (Phi) is 7.54. The first kappa shape index (κ1) is 20.3. The molecule has 0 radical (unpaired) electrons. The lowest BCUT2D eigenvalue weighted by Crippen LogP contribution is -2.29. The fourth-order valence-corrected chi connectivity index (χ4v) is 3.37. The van der Waals surface area contributed by atoms with Gasteiger partial charge in [-0.25, -0.2) is 0 Å². The Morgan fingerprint density at radius 2 is 1.69 bits per heavy atom. The van der Waals surface area contributed by atoms with E-state index in [0.29, 0.717) is 11.7 Å². The summed E-state index contributed by atoms with van der Waals surface area (Å²) in [6, 6.07) is 15.8. The fraction of sp³-hybridized carbons (Fsp3) is 0.381. The minimum absolute atomic E-state index is 0.0850. The molecule has 2 rings (SSSR count). The number of rotatable bonds is 8. The van der Waals surface area contributed by atoms with Gasteiger partial charge in [0.1, 0.15) is 0 Å². The minimum Gasteiger partial charge on any atom is -0.387 e. The summed E-state index contributed by atoms with van der Waals surface area (Å²) in [5, 5.41) is 13.6. The molecule has 2 N–H and O–H groups in total. The molecule has 0 spiro atoms. The Morgan fingerprint density at radius 1 is 1.08 bits per heavy atom. The van der Waals surface area contributed by atoms with Gasteiger partial charge in [-0.1, -0.05) is 38.1 Å². The molecule has 1 unspecified atom stereocenters. The van der Waals surface area contributed by atoms with Crippen LogP contribution in [0, 0.1) is 0 Å². The number of amides is 1. The van der Waals surface area contributed by atoms with Gasteiger partial charge in [0.2, 0.25) is 5.91 Å². The van der Waals surface area contributed by atoms with Gasteiger partial charge in [-0.05, 0) is 35.4 Å². The molecule has 0 fully saturated rings. The summed E-state index contributed by atoms with van der Waals surface area (Å²) in [7, 11) is 3.94. The number of nitrogens with zero attached hydrogens (tertiary/aromatic N) is 1. The van der Waals surface area contributed by atoms with Crippen molar-refractivity contribution in [3.8, 4) is 0 Å². The minimum atomic E-state index is -0.708. The van der Waals surface area contributed by atoms with Gasteiger partial charge in [0.25, 0.3) is 0 Å². The SMILES string of the molecule is CC(C)Sc1ccc(CC(=O)NCC(O)c2ccc(N(C)C)cc2)cc1. The smallest absolute Gasteiger partial charge is 0.224 e. The van der Waals surface area contributed by atoms with Gasteiger partial charge in [-0.2, -0.15) is 0 Å². The number of hydrogen-bond donors (Lipinski definition) is 2. The van der Waals surface area contributed by atoms with Crippen LogP contribution in [0.15, 0.2) is 53.4 Å². The number of aliphatic hydroxyl groups is 1. The van der Waals surface area contributed by atoms with Crippen molar-refractivity contribution < 1.29 is 9.90 Å². The fourth-order valence-electron chi connectivity index (χ4n) is 2.53. The van der Waals surface area contributed by atoms with Crippen molar-refractivity contribution >= 4 is 23.4 Å². The highest BCUT2D eigenvalue weighted by atomic mass is 32.2. The molecule has 2 aromatic rings. The molecule has 0 aliphatic carbocycles. The van der Waals surface area contributed by atoms with Crippen molar-refractivity contribution in [3.05, 3.63) is 59.7 Å². The maximum absolute atomic E-state index is 12.1. The summed E-state index contributed by atoms with van der Waals surface area (Å²) in [5.41, 5.74) is 2.84. The van der Waals surface area contributed by atoms with Crippen LogP contribution in [0.5, 0.6) is 0 Å². The Labute approximate surface area is 160 Å². The molecule has 2 aromatic carbocycles. The number of thioether (sulfide) groups is 1. The van der Waals surface area contributed by atoms with Gasteiger partial charge in [-0.15, -0.1) is 11.8 Å². The van der Waals surface area contributed by atoms with Crippen molar-refractivity contribution in [2.45, 2.75) is 36.5 Å². The molecule has 26 heavy (non-hydrogen) atoms. The number of nitrogens with one attached hydrogen (secondary N) is 1. The molecule has 1 atom stereocenters. The quantitative estimate of drug-likeness (QED) is 0.695. The van der Waals surface area contributed by atoms with Crippen LogP contribution in [0.3, 0.4) is 0 Å². The van der Waals surface area contributed by atoms with Gasteiger partial charge in [0.15, 0.2) is 0 Å². The van der Waals surface area contributed by atoms with Gasteiger partial charge in [-0.3, -0.25) is 4.79 Å². The van der Waals surface area contributed by atoms with E-state index in [2.05, 4.69) is 31.3 Å². The highest BCUT2D eigenvalue weighted by Crippen LogP contribution is 2.23. The third-order valence-corrected chi connectivity index (χ3v) is 4.96. The zero-order chi connectivity index (χ0) is 19.1. The van der Waals surface area contributed by atoms with Crippen LogP contribution in [-0.2, 0) is 11.2 Å². The molecular formula is C21H28N2O2S. The summed E-state index contributed by atoms with van der Waals surface area (Å²) in [4.78, 5) is 15.3. The van der Waals surface area contributed by atoms with Gasteiger partial charge < -0.3 is 15.3 Å². The van der Waals surface area contributed by atoms with Crippen molar-refractivity contribution in [2.75, 3.05) is 25.5 Å². The standard InChI is InChI=1S/C21H28N2O2S/c1-15(2)26-19-11-5-16(6-12-19)13-21(25)22-14-20(24)17-7-9-18(10-8-17)23(3)4/h5-12,15,20,24H,13-14H2,1-4H3,(H,22,25).